The number of aliphatic hydroxyl groups excluding tert-OH is 1. The fraction of sp³-hybridized carbons (Fsp3) is 0.276. The minimum absolute atomic E-state index is 0.128. The van der Waals surface area contributed by atoms with Crippen LogP contribution >= 0.6 is 0 Å². The van der Waals surface area contributed by atoms with Crippen LogP contribution in [0.25, 0.3) is 0 Å². The van der Waals surface area contributed by atoms with E-state index in [4.69, 9.17) is 4.74 Å². The number of hydrogen-bond acceptors (Lipinski definition) is 5. The Morgan fingerprint density at radius 1 is 1.06 bits per heavy atom. The molecule has 1 amide bonds. The van der Waals surface area contributed by atoms with Crippen LogP contribution in [0.15, 0.2) is 90.3 Å². The Balaban J connectivity index is 1.66. The number of nitrogens with zero attached hydrogens (tertiary/aromatic N) is 2. The highest BCUT2D eigenvalue weighted by Crippen LogP contribution is 2.40. The second kappa shape index (κ2) is 11.0. The average molecular weight is 471 g/mol. The lowest BCUT2D eigenvalue weighted by Crippen LogP contribution is -2.31. The van der Waals surface area contributed by atoms with E-state index in [2.05, 4.69) is 18.8 Å². The van der Waals surface area contributed by atoms with Gasteiger partial charge in [-0.25, -0.2) is 0 Å². The fourth-order valence-corrected chi connectivity index (χ4v) is 4.19. The van der Waals surface area contributed by atoms with Crippen LogP contribution in [0.1, 0.15) is 43.1 Å². The van der Waals surface area contributed by atoms with E-state index in [-0.39, 0.29) is 24.3 Å². The molecule has 0 saturated carbocycles. The molecule has 6 heteroatoms. The molecule has 180 valence electrons. The number of ketones is 1. The van der Waals surface area contributed by atoms with Crippen LogP contribution in [0, 0.1) is 5.92 Å². The highest BCUT2D eigenvalue weighted by Gasteiger charge is 2.43. The molecule has 0 radical (unpaired) electrons. The van der Waals surface area contributed by atoms with Gasteiger partial charge in [-0.2, -0.15) is 0 Å². The fourth-order valence-electron chi connectivity index (χ4n) is 4.19. The summed E-state index contributed by atoms with van der Waals surface area (Å²) in [5.41, 5.74) is 2.53. The summed E-state index contributed by atoms with van der Waals surface area (Å²) in [6.07, 6.45) is 2.37. The van der Waals surface area contributed by atoms with Gasteiger partial charge in [0.25, 0.3) is 5.91 Å². The van der Waals surface area contributed by atoms with Crippen molar-refractivity contribution in [3.05, 3.63) is 107 Å². The number of hydrogen-bond donors (Lipinski definition) is 1. The van der Waals surface area contributed by atoms with Gasteiger partial charge in [-0.15, -0.1) is 0 Å². The quantitative estimate of drug-likeness (QED) is 0.440. The van der Waals surface area contributed by atoms with Crippen molar-refractivity contribution in [2.45, 2.75) is 39.3 Å². The van der Waals surface area contributed by atoms with Crippen LogP contribution in [-0.4, -0.2) is 33.3 Å². The number of ether oxygens (including phenoxy) is 1. The van der Waals surface area contributed by atoms with Crippen LogP contribution in [0.3, 0.4) is 0 Å². The third-order valence-corrected chi connectivity index (χ3v) is 5.90. The van der Waals surface area contributed by atoms with Crippen molar-refractivity contribution in [3.63, 3.8) is 0 Å². The summed E-state index contributed by atoms with van der Waals surface area (Å²) in [5.74, 6) is -0.299. The summed E-state index contributed by atoms with van der Waals surface area (Å²) in [7, 11) is 0. The molecule has 35 heavy (non-hydrogen) atoms. The van der Waals surface area contributed by atoms with E-state index in [1.165, 1.54) is 4.90 Å². The zero-order chi connectivity index (χ0) is 24.8. The molecule has 2 aromatic carbocycles. The monoisotopic (exact) mass is 470 g/mol. The third kappa shape index (κ3) is 5.77. The molecular weight excluding hydrogens is 440 g/mol. The van der Waals surface area contributed by atoms with Gasteiger partial charge in [0.2, 0.25) is 0 Å². The Kier molecular flexibility index (Phi) is 7.60. The summed E-state index contributed by atoms with van der Waals surface area (Å²) >= 11 is 0. The first-order valence-corrected chi connectivity index (χ1v) is 11.9. The maximum Gasteiger partial charge on any atom is 0.290 e. The molecule has 3 aromatic rings. The lowest BCUT2D eigenvalue weighted by atomic mass is 9.93. The van der Waals surface area contributed by atoms with Gasteiger partial charge < -0.3 is 14.7 Å². The molecule has 1 aromatic heterocycles. The highest BCUT2D eigenvalue weighted by atomic mass is 16.5. The molecule has 2 heterocycles. The number of benzene rings is 2. The largest absolute Gasteiger partial charge is 0.503 e. The average Bonchev–Trinajstić information content (AvgIpc) is 3.12. The molecule has 1 unspecified atom stereocenters. The maximum absolute atomic E-state index is 13.4. The number of aliphatic hydroxyl groups is 1. The van der Waals surface area contributed by atoms with Crippen molar-refractivity contribution in [2.75, 3.05) is 6.61 Å². The van der Waals surface area contributed by atoms with Crippen molar-refractivity contribution in [1.29, 1.82) is 0 Å². The molecule has 0 saturated heterocycles. The van der Waals surface area contributed by atoms with Crippen LogP contribution in [-0.2, 0) is 22.6 Å². The van der Waals surface area contributed by atoms with Gasteiger partial charge in [0.05, 0.1) is 30.5 Å². The van der Waals surface area contributed by atoms with Crippen LogP contribution in [0.2, 0.25) is 0 Å². The van der Waals surface area contributed by atoms with Gasteiger partial charge in [-0.3, -0.25) is 14.6 Å². The van der Waals surface area contributed by atoms with Crippen molar-refractivity contribution >= 4 is 11.7 Å². The Hall–Kier alpha value is -3.93. The number of carbonyl (C=O) groups is 2. The number of Topliss-reactive ketones (excluding diaryl/α,β-unsaturated/α-hetero) is 1. The lowest BCUT2D eigenvalue weighted by Gasteiger charge is -2.27. The van der Waals surface area contributed by atoms with E-state index in [1.54, 1.807) is 12.3 Å². The van der Waals surface area contributed by atoms with Crippen molar-refractivity contribution < 1.29 is 19.4 Å². The minimum atomic E-state index is -0.727. The predicted octanol–water partition coefficient (Wildman–Crippen LogP) is 5.21. The summed E-state index contributed by atoms with van der Waals surface area (Å²) < 4.78 is 5.90. The summed E-state index contributed by atoms with van der Waals surface area (Å²) in [4.78, 5) is 32.4. The molecule has 1 aliphatic rings. The molecule has 1 N–H and O–H groups in total. The van der Waals surface area contributed by atoms with Gasteiger partial charge in [-0.05, 0) is 47.7 Å². The van der Waals surface area contributed by atoms with Crippen molar-refractivity contribution in [1.82, 2.24) is 9.88 Å². The molecule has 1 aliphatic heterocycles. The van der Waals surface area contributed by atoms with Crippen LogP contribution < -0.4 is 4.74 Å². The lowest BCUT2D eigenvalue weighted by molar-refractivity contribution is -0.130. The van der Waals surface area contributed by atoms with Gasteiger partial charge in [0.15, 0.2) is 11.5 Å². The SMILES string of the molecule is CC(C)COc1cccc(C2C(C(=O)CCc3ccccc3)=C(O)C(=O)N2Cc2ccccn2)c1. The highest BCUT2D eigenvalue weighted by molar-refractivity contribution is 6.09. The first kappa shape index (κ1) is 24.2. The molecule has 0 spiro atoms. The van der Waals surface area contributed by atoms with Crippen LogP contribution in [0.5, 0.6) is 5.75 Å². The standard InChI is InChI=1S/C29H30N2O4/c1-20(2)19-35-24-13-8-11-22(17-24)27-26(25(32)15-14-21-9-4-3-5-10-21)28(33)29(34)31(27)18-23-12-6-7-16-30-23/h3-13,16-17,20,27,33H,14-15,18-19H2,1-2H3. The number of amides is 1. The van der Waals surface area contributed by atoms with Gasteiger partial charge in [0, 0.05) is 12.6 Å². The number of aryl methyl sites for hydroxylation is 1. The first-order valence-electron chi connectivity index (χ1n) is 11.9. The van der Waals surface area contributed by atoms with E-state index in [9.17, 15) is 14.7 Å². The zero-order valence-electron chi connectivity index (χ0n) is 20.1. The topological polar surface area (TPSA) is 79.7 Å². The molecule has 4 rings (SSSR count). The van der Waals surface area contributed by atoms with E-state index >= 15 is 0 Å². The van der Waals surface area contributed by atoms with Gasteiger partial charge >= 0.3 is 0 Å². The summed E-state index contributed by atoms with van der Waals surface area (Å²) in [6.45, 7) is 4.85. The molecule has 0 fully saturated rings. The van der Waals surface area contributed by atoms with E-state index < -0.39 is 17.7 Å². The van der Waals surface area contributed by atoms with Crippen molar-refractivity contribution in [3.8, 4) is 5.75 Å². The second-order valence-electron chi connectivity index (χ2n) is 9.11. The normalized spacial score (nSPS) is 15.7. The number of aromatic nitrogens is 1. The second-order valence-corrected chi connectivity index (χ2v) is 9.11. The first-order chi connectivity index (χ1) is 16.9. The Labute approximate surface area is 205 Å². The zero-order valence-corrected chi connectivity index (χ0v) is 20.1. The predicted molar refractivity (Wildman–Crippen MR) is 134 cm³/mol. The minimum Gasteiger partial charge on any atom is -0.503 e. The molecule has 0 aliphatic carbocycles. The summed E-state index contributed by atoms with van der Waals surface area (Å²) in [6, 6.07) is 21.8. The Morgan fingerprint density at radius 3 is 2.54 bits per heavy atom. The van der Waals surface area contributed by atoms with Crippen molar-refractivity contribution in [2.24, 2.45) is 5.92 Å². The molecule has 6 nitrogen and oxygen atoms in total. The Morgan fingerprint density at radius 2 is 1.83 bits per heavy atom. The number of pyridine rings is 1. The Bertz CT molecular complexity index is 1210. The van der Waals surface area contributed by atoms with E-state index in [0.717, 1.165) is 5.56 Å². The summed E-state index contributed by atoms with van der Waals surface area (Å²) in [5, 5.41) is 10.9. The molecule has 0 bridgehead atoms. The molecular formula is C29H30N2O4. The number of rotatable bonds is 10. The third-order valence-electron chi connectivity index (χ3n) is 5.90. The van der Waals surface area contributed by atoms with E-state index in [1.807, 2.05) is 66.7 Å². The molecule has 1 atom stereocenters. The smallest absolute Gasteiger partial charge is 0.290 e. The van der Waals surface area contributed by atoms with Gasteiger partial charge in [0.1, 0.15) is 5.75 Å². The van der Waals surface area contributed by atoms with Gasteiger partial charge in [-0.1, -0.05) is 62.4 Å². The van der Waals surface area contributed by atoms with Crippen LogP contribution in [0.4, 0.5) is 0 Å². The number of carbonyl (C=O) groups excluding carboxylic acids is 2. The maximum atomic E-state index is 13.4. The van der Waals surface area contributed by atoms with E-state index in [0.29, 0.717) is 36.0 Å².